The van der Waals surface area contributed by atoms with Crippen LogP contribution in [0.2, 0.25) is 0 Å². The van der Waals surface area contributed by atoms with E-state index in [0.717, 1.165) is 22.9 Å². The zero-order chi connectivity index (χ0) is 17.4. The highest BCUT2D eigenvalue weighted by Gasteiger charge is 2.05. The standard InChI is InChI=1S/C18H22N2O3S/c1-20(12-13-23-17-10-8-16(22-3)9-11-17)18(24)19-14-4-6-15(21-2)7-5-14/h4-11H,12-13H2,1-3H3,(H,19,24). The Morgan fingerprint density at radius 3 is 1.96 bits per heavy atom. The highest BCUT2D eigenvalue weighted by molar-refractivity contribution is 7.80. The zero-order valence-corrected chi connectivity index (χ0v) is 14.9. The molecular weight excluding hydrogens is 324 g/mol. The van der Waals surface area contributed by atoms with E-state index in [1.807, 2.05) is 60.5 Å². The van der Waals surface area contributed by atoms with Gasteiger partial charge in [0.25, 0.3) is 0 Å². The summed E-state index contributed by atoms with van der Waals surface area (Å²) >= 11 is 5.39. The molecule has 2 rings (SSSR count). The number of hydrogen-bond acceptors (Lipinski definition) is 4. The Morgan fingerprint density at radius 2 is 1.42 bits per heavy atom. The summed E-state index contributed by atoms with van der Waals surface area (Å²) < 4.78 is 16.0. The number of benzene rings is 2. The summed E-state index contributed by atoms with van der Waals surface area (Å²) in [6.07, 6.45) is 0. The maximum atomic E-state index is 5.71. The molecule has 24 heavy (non-hydrogen) atoms. The van der Waals surface area contributed by atoms with Crippen LogP contribution in [0.25, 0.3) is 0 Å². The Hall–Kier alpha value is -2.47. The lowest BCUT2D eigenvalue weighted by molar-refractivity contribution is 0.285. The van der Waals surface area contributed by atoms with Crippen molar-refractivity contribution < 1.29 is 14.2 Å². The fourth-order valence-electron chi connectivity index (χ4n) is 1.97. The van der Waals surface area contributed by atoms with Crippen LogP contribution in [0, 0.1) is 0 Å². The van der Waals surface area contributed by atoms with Gasteiger partial charge < -0.3 is 24.4 Å². The second kappa shape index (κ2) is 8.98. The topological polar surface area (TPSA) is 43.0 Å². The van der Waals surface area contributed by atoms with Crippen LogP contribution in [0.15, 0.2) is 48.5 Å². The molecule has 0 saturated carbocycles. The Morgan fingerprint density at radius 1 is 0.917 bits per heavy atom. The van der Waals surface area contributed by atoms with Gasteiger partial charge >= 0.3 is 0 Å². The molecule has 0 unspecified atom stereocenters. The number of ether oxygens (including phenoxy) is 3. The second-order valence-corrected chi connectivity index (χ2v) is 5.49. The van der Waals surface area contributed by atoms with Crippen molar-refractivity contribution in [1.82, 2.24) is 4.90 Å². The van der Waals surface area contributed by atoms with E-state index in [0.29, 0.717) is 18.3 Å². The Labute approximate surface area is 148 Å². The van der Waals surface area contributed by atoms with Crippen molar-refractivity contribution in [3.05, 3.63) is 48.5 Å². The van der Waals surface area contributed by atoms with E-state index in [1.165, 1.54) is 0 Å². The van der Waals surface area contributed by atoms with Crippen molar-refractivity contribution in [2.24, 2.45) is 0 Å². The lowest BCUT2D eigenvalue weighted by Crippen LogP contribution is -2.34. The van der Waals surface area contributed by atoms with Gasteiger partial charge in [-0.15, -0.1) is 0 Å². The van der Waals surface area contributed by atoms with Gasteiger partial charge in [0, 0.05) is 12.7 Å². The molecule has 2 aromatic carbocycles. The molecule has 0 heterocycles. The van der Waals surface area contributed by atoms with E-state index in [4.69, 9.17) is 26.4 Å². The summed E-state index contributed by atoms with van der Waals surface area (Å²) in [5, 5.41) is 3.82. The highest BCUT2D eigenvalue weighted by atomic mass is 32.1. The Balaban J connectivity index is 1.76. The largest absolute Gasteiger partial charge is 0.497 e. The number of nitrogens with zero attached hydrogens (tertiary/aromatic N) is 1. The van der Waals surface area contributed by atoms with Crippen LogP contribution < -0.4 is 19.5 Å². The predicted octanol–water partition coefficient (Wildman–Crippen LogP) is 3.41. The average molecular weight is 346 g/mol. The first-order valence-electron chi connectivity index (χ1n) is 7.55. The third kappa shape index (κ3) is 5.31. The molecule has 0 amide bonds. The van der Waals surface area contributed by atoms with Crippen molar-refractivity contribution in [2.45, 2.75) is 0 Å². The van der Waals surface area contributed by atoms with Gasteiger partial charge in [-0.2, -0.15) is 0 Å². The third-order valence-corrected chi connectivity index (χ3v) is 3.86. The average Bonchev–Trinajstić information content (AvgIpc) is 2.62. The van der Waals surface area contributed by atoms with E-state index in [9.17, 15) is 0 Å². The predicted molar refractivity (Wildman–Crippen MR) is 100 cm³/mol. The number of thiocarbonyl (C=S) groups is 1. The fraction of sp³-hybridized carbons (Fsp3) is 0.278. The molecule has 0 saturated heterocycles. The SMILES string of the molecule is COc1ccc(NC(=S)N(C)CCOc2ccc(OC)cc2)cc1. The monoisotopic (exact) mass is 346 g/mol. The minimum atomic E-state index is 0.535. The highest BCUT2D eigenvalue weighted by Crippen LogP contribution is 2.17. The molecule has 0 aliphatic heterocycles. The van der Waals surface area contributed by atoms with Gasteiger partial charge in [-0.25, -0.2) is 0 Å². The van der Waals surface area contributed by atoms with Gasteiger partial charge in [0.15, 0.2) is 5.11 Å². The number of hydrogen-bond donors (Lipinski definition) is 1. The number of anilines is 1. The Bertz CT molecular complexity index is 644. The molecule has 0 radical (unpaired) electrons. The summed E-state index contributed by atoms with van der Waals surface area (Å²) in [4.78, 5) is 1.93. The van der Waals surface area contributed by atoms with Crippen molar-refractivity contribution in [3.63, 3.8) is 0 Å². The molecule has 0 fully saturated rings. The van der Waals surface area contributed by atoms with Crippen LogP contribution in [-0.4, -0.2) is 44.4 Å². The molecule has 2 aromatic rings. The van der Waals surface area contributed by atoms with E-state index in [-0.39, 0.29) is 0 Å². The number of nitrogens with one attached hydrogen (secondary N) is 1. The molecule has 0 aliphatic rings. The quantitative estimate of drug-likeness (QED) is 0.775. The first-order valence-corrected chi connectivity index (χ1v) is 7.96. The molecule has 128 valence electrons. The number of likely N-dealkylation sites (N-methyl/N-ethyl adjacent to an activating group) is 1. The minimum absolute atomic E-state index is 0.535. The third-order valence-electron chi connectivity index (χ3n) is 3.44. The zero-order valence-electron chi connectivity index (χ0n) is 14.1. The summed E-state index contributed by atoms with van der Waals surface area (Å²) in [5.41, 5.74) is 0.920. The first kappa shape index (κ1) is 17.9. The molecule has 0 aromatic heterocycles. The van der Waals surface area contributed by atoms with Crippen molar-refractivity contribution in [2.75, 3.05) is 39.7 Å². The molecule has 1 N–H and O–H groups in total. The maximum Gasteiger partial charge on any atom is 0.173 e. The lowest BCUT2D eigenvalue weighted by atomic mass is 10.3. The van der Waals surface area contributed by atoms with Crippen LogP contribution in [0.4, 0.5) is 5.69 Å². The first-order chi connectivity index (χ1) is 11.6. The van der Waals surface area contributed by atoms with Crippen molar-refractivity contribution in [1.29, 1.82) is 0 Å². The molecule has 0 spiro atoms. The van der Waals surface area contributed by atoms with Gasteiger partial charge in [-0.3, -0.25) is 0 Å². The van der Waals surface area contributed by atoms with Gasteiger partial charge in [-0.1, -0.05) is 0 Å². The Kier molecular flexibility index (Phi) is 6.69. The molecule has 0 atom stereocenters. The maximum absolute atomic E-state index is 5.71. The summed E-state index contributed by atoms with van der Waals surface area (Å²) in [7, 11) is 5.21. The normalized spacial score (nSPS) is 9.96. The lowest BCUT2D eigenvalue weighted by Gasteiger charge is -2.21. The molecule has 0 bridgehead atoms. The van der Waals surface area contributed by atoms with Gasteiger partial charge in [0.1, 0.15) is 23.9 Å². The van der Waals surface area contributed by atoms with Crippen molar-refractivity contribution in [3.8, 4) is 17.2 Å². The van der Waals surface area contributed by atoms with Crippen LogP contribution >= 0.6 is 12.2 Å². The van der Waals surface area contributed by atoms with E-state index in [1.54, 1.807) is 14.2 Å². The number of rotatable bonds is 7. The smallest absolute Gasteiger partial charge is 0.173 e. The molecule has 6 heteroatoms. The molecule has 0 aliphatic carbocycles. The van der Waals surface area contributed by atoms with Crippen molar-refractivity contribution >= 4 is 23.0 Å². The molecular formula is C18H22N2O3S. The number of methoxy groups -OCH3 is 2. The van der Waals surface area contributed by atoms with Crippen LogP contribution in [0.3, 0.4) is 0 Å². The van der Waals surface area contributed by atoms with Gasteiger partial charge in [0.05, 0.1) is 20.8 Å². The summed E-state index contributed by atoms with van der Waals surface area (Å²) in [6.45, 7) is 1.21. The van der Waals surface area contributed by atoms with Crippen LogP contribution in [0.5, 0.6) is 17.2 Å². The van der Waals surface area contributed by atoms with Crippen LogP contribution in [0.1, 0.15) is 0 Å². The van der Waals surface area contributed by atoms with E-state index in [2.05, 4.69) is 5.32 Å². The molecule has 5 nitrogen and oxygen atoms in total. The summed E-state index contributed by atoms with van der Waals surface area (Å²) in [6, 6.07) is 15.1. The fourth-order valence-corrected chi connectivity index (χ4v) is 2.18. The summed E-state index contributed by atoms with van der Waals surface area (Å²) in [5.74, 6) is 2.43. The van der Waals surface area contributed by atoms with E-state index < -0.39 is 0 Å². The van der Waals surface area contributed by atoms with E-state index >= 15 is 0 Å². The second-order valence-electron chi connectivity index (χ2n) is 5.10. The van der Waals surface area contributed by atoms with Crippen LogP contribution in [-0.2, 0) is 0 Å². The van der Waals surface area contributed by atoms with Gasteiger partial charge in [0.2, 0.25) is 0 Å². The minimum Gasteiger partial charge on any atom is -0.497 e. The van der Waals surface area contributed by atoms with Gasteiger partial charge in [-0.05, 0) is 60.7 Å².